The van der Waals surface area contributed by atoms with E-state index in [4.69, 9.17) is 22.6 Å². The summed E-state index contributed by atoms with van der Waals surface area (Å²) in [5.74, 6) is 0. The van der Waals surface area contributed by atoms with Crippen LogP contribution in [0.25, 0.3) is 0 Å². The SMILES string of the molecule is C.CCn1c[n+](CC)c(CO)c1C.O=S(=O)(O)O. The number of imidazole rings is 1. The lowest BCUT2D eigenvalue weighted by Crippen LogP contribution is -2.34. The highest BCUT2D eigenvalue weighted by Crippen LogP contribution is 2.03. The van der Waals surface area contributed by atoms with E-state index < -0.39 is 10.4 Å². The van der Waals surface area contributed by atoms with Gasteiger partial charge in [0.05, 0.1) is 13.1 Å². The fourth-order valence-electron chi connectivity index (χ4n) is 1.49. The van der Waals surface area contributed by atoms with Crippen molar-refractivity contribution in [2.75, 3.05) is 0 Å². The van der Waals surface area contributed by atoms with Crippen LogP contribution >= 0.6 is 0 Å². The van der Waals surface area contributed by atoms with Gasteiger partial charge in [-0.1, -0.05) is 7.43 Å². The first-order valence-corrected chi connectivity index (χ1v) is 6.53. The highest BCUT2D eigenvalue weighted by Gasteiger charge is 2.15. The number of rotatable bonds is 3. The first-order chi connectivity index (χ1) is 7.74. The van der Waals surface area contributed by atoms with Crippen molar-refractivity contribution in [3.05, 3.63) is 17.7 Å². The zero-order chi connectivity index (χ0) is 13.6. The van der Waals surface area contributed by atoms with Crippen LogP contribution in [0, 0.1) is 6.92 Å². The molecule has 0 fully saturated rings. The van der Waals surface area contributed by atoms with Crippen molar-refractivity contribution in [3.63, 3.8) is 0 Å². The van der Waals surface area contributed by atoms with Gasteiger partial charge in [-0.05, 0) is 13.8 Å². The van der Waals surface area contributed by atoms with Crippen LogP contribution in [-0.2, 0) is 30.1 Å². The molecule has 0 amide bonds. The first kappa shape index (κ1) is 19.4. The molecule has 0 radical (unpaired) electrons. The lowest BCUT2D eigenvalue weighted by molar-refractivity contribution is -0.702. The van der Waals surface area contributed by atoms with Gasteiger partial charge in [-0.2, -0.15) is 8.42 Å². The second kappa shape index (κ2) is 8.20. The topological polar surface area (TPSA) is 104 Å². The molecule has 0 unspecified atom stereocenters. The zero-order valence-electron chi connectivity index (χ0n) is 10.2. The van der Waals surface area contributed by atoms with Gasteiger partial charge in [0.1, 0.15) is 12.3 Å². The van der Waals surface area contributed by atoms with Crippen LogP contribution in [0.3, 0.4) is 0 Å². The summed E-state index contributed by atoms with van der Waals surface area (Å²) >= 11 is 0. The van der Waals surface area contributed by atoms with Gasteiger partial charge >= 0.3 is 10.4 Å². The summed E-state index contributed by atoms with van der Waals surface area (Å²) in [7, 11) is -4.67. The molecule has 1 aromatic heterocycles. The van der Waals surface area contributed by atoms with Crippen LogP contribution < -0.4 is 4.57 Å². The molecule has 1 aromatic rings. The van der Waals surface area contributed by atoms with E-state index in [1.165, 1.54) is 5.69 Å². The van der Waals surface area contributed by atoms with Crippen molar-refractivity contribution in [1.29, 1.82) is 0 Å². The molecule has 18 heavy (non-hydrogen) atoms. The average molecular weight is 283 g/mol. The smallest absolute Gasteiger partial charge is 0.388 e. The Morgan fingerprint density at radius 1 is 1.33 bits per heavy atom. The Hall–Kier alpha value is -0.960. The number of hydrogen-bond acceptors (Lipinski definition) is 3. The fourth-order valence-corrected chi connectivity index (χ4v) is 1.49. The largest absolute Gasteiger partial charge is 0.394 e. The van der Waals surface area contributed by atoms with Crippen LogP contribution in [0.15, 0.2) is 6.33 Å². The van der Waals surface area contributed by atoms with E-state index in [0.29, 0.717) is 0 Å². The lowest BCUT2D eigenvalue weighted by atomic mass is 10.3. The third kappa shape index (κ3) is 6.70. The average Bonchev–Trinajstić information content (AvgIpc) is 2.51. The molecular weight excluding hydrogens is 260 g/mol. The predicted octanol–water partition coefficient (Wildman–Crippen LogP) is 0.599. The van der Waals surface area contributed by atoms with Crippen LogP contribution in [0.2, 0.25) is 0 Å². The van der Waals surface area contributed by atoms with Gasteiger partial charge in [-0.3, -0.25) is 9.11 Å². The molecule has 1 rings (SSSR count). The van der Waals surface area contributed by atoms with Crippen molar-refractivity contribution in [2.24, 2.45) is 0 Å². The summed E-state index contributed by atoms with van der Waals surface area (Å²) in [6.07, 6.45) is 2.06. The second-order valence-corrected chi connectivity index (χ2v) is 4.22. The lowest BCUT2D eigenvalue weighted by Gasteiger charge is -1.93. The third-order valence-electron chi connectivity index (χ3n) is 2.31. The number of aryl methyl sites for hydroxylation is 2. The Morgan fingerprint density at radius 2 is 1.78 bits per heavy atom. The highest BCUT2D eigenvalue weighted by atomic mass is 32.3. The molecular formula is C10H23N2O5S+. The molecule has 0 aliphatic carbocycles. The van der Waals surface area contributed by atoms with Crippen molar-refractivity contribution >= 4 is 10.4 Å². The summed E-state index contributed by atoms with van der Waals surface area (Å²) in [5, 5.41) is 9.11. The monoisotopic (exact) mass is 283 g/mol. The van der Waals surface area contributed by atoms with E-state index in [9.17, 15) is 0 Å². The molecule has 8 heteroatoms. The van der Waals surface area contributed by atoms with Crippen LogP contribution in [0.1, 0.15) is 32.7 Å². The quantitative estimate of drug-likeness (QED) is 0.556. The molecule has 0 atom stereocenters. The van der Waals surface area contributed by atoms with Gasteiger partial charge < -0.3 is 5.11 Å². The molecule has 3 N–H and O–H groups in total. The summed E-state index contributed by atoms with van der Waals surface area (Å²) in [6.45, 7) is 8.25. The third-order valence-corrected chi connectivity index (χ3v) is 2.31. The van der Waals surface area contributed by atoms with Crippen LogP contribution in [0.4, 0.5) is 0 Å². The fraction of sp³-hybridized carbons (Fsp3) is 0.700. The maximum Gasteiger partial charge on any atom is 0.394 e. The number of aromatic nitrogens is 2. The molecule has 1 heterocycles. The van der Waals surface area contributed by atoms with E-state index in [2.05, 4.69) is 29.3 Å². The first-order valence-electron chi connectivity index (χ1n) is 5.13. The Balaban J connectivity index is 0. The molecule has 0 aromatic carbocycles. The number of nitrogens with zero attached hydrogens (tertiary/aromatic N) is 2. The summed E-state index contributed by atoms with van der Waals surface area (Å²) in [6, 6.07) is 0. The number of hydrogen-bond donors (Lipinski definition) is 3. The molecule has 0 aliphatic heterocycles. The van der Waals surface area contributed by atoms with E-state index in [-0.39, 0.29) is 14.0 Å². The van der Waals surface area contributed by atoms with E-state index in [1.54, 1.807) is 0 Å². The molecule has 7 nitrogen and oxygen atoms in total. The van der Waals surface area contributed by atoms with Crippen molar-refractivity contribution in [3.8, 4) is 0 Å². The van der Waals surface area contributed by atoms with Gasteiger partial charge in [0.2, 0.25) is 6.33 Å². The van der Waals surface area contributed by atoms with E-state index >= 15 is 0 Å². The minimum Gasteiger partial charge on any atom is -0.388 e. The molecule has 0 bridgehead atoms. The zero-order valence-corrected chi connectivity index (χ0v) is 11.0. The maximum absolute atomic E-state index is 9.11. The Kier molecular flexibility index (Phi) is 8.83. The van der Waals surface area contributed by atoms with Gasteiger partial charge in [-0.25, -0.2) is 9.13 Å². The van der Waals surface area contributed by atoms with Gasteiger partial charge in [0, 0.05) is 6.92 Å². The standard InChI is InChI=1S/C9H17N2O.CH4.H2O4S/c1-4-10-7-11(5-2)9(6-12)8(10)3;;1-5(2,3)4/h7,12H,4-6H2,1-3H3;1H4;(H2,1,2,3,4)/q+1;;. The molecule has 0 saturated carbocycles. The van der Waals surface area contributed by atoms with Gasteiger partial charge in [0.25, 0.3) is 0 Å². The summed E-state index contributed by atoms with van der Waals surface area (Å²) < 4.78 is 35.8. The normalized spacial score (nSPS) is 10.3. The Morgan fingerprint density at radius 3 is 2.00 bits per heavy atom. The number of aliphatic hydroxyl groups excluding tert-OH is 1. The van der Waals surface area contributed by atoms with Crippen molar-refractivity contribution < 1.29 is 27.2 Å². The molecule has 0 saturated heterocycles. The molecule has 108 valence electrons. The van der Waals surface area contributed by atoms with Crippen LogP contribution in [-0.4, -0.2) is 27.2 Å². The second-order valence-electron chi connectivity index (χ2n) is 3.33. The Labute approximate surface area is 108 Å². The predicted molar refractivity (Wildman–Crippen MR) is 67.5 cm³/mol. The van der Waals surface area contributed by atoms with Crippen LogP contribution in [0.5, 0.6) is 0 Å². The molecule has 0 spiro atoms. The number of aliphatic hydroxyl groups is 1. The minimum atomic E-state index is -4.67. The van der Waals surface area contributed by atoms with Gasteiger partial charge in [-0.15, -0.1) is 0 Å². The van der Waals surface area contributed by atoms with Crippen molar-refractivity contribution in [1.82, 2.24) is 4.57 Å². The highest BCUT2D eigenvalue weighted by molar-refractivity contribution is 7.79. The van der Waals surface area contributed by atoms with E-state index in [0.717, 1.165) is 18.8 Å². The maximum atomic E-state index is 9.11. The molecule has 0 aliphatic rings. The minimum absolute atomic E-state index is 0. The summed E-state index contributed by atoms with van der Waals surface area (Å²) in [4.78, 5) is 0. The van der Waals surface area contributed by atoms with Gasteiger partial charge in [0.15, 0.2) is 5.69 Å². The van der Waals surface area contributed by atoms with E-state index in [1.807, 2.05) is 6.92 Å². The Bertz CT molecular complexity index is 445. The van der Waals surface area contributed by atoms with Crippen molar-refractivity contribution in [2.45, 2.75) is 47.9 Å². The summed E-state index contributed by atoms with van der Waals surface area (Å²) in [5.41, 5.74) is 2.20.